The first-order chi connectivity index (χ1) is 15.3. The number of rotatable bonds is 8. The third-order valence-corrected chi connectivity index (χ3v) is 9.14. The zero-order valence-corrected chi connectivity index (χ0v) is 19.7. The maximum absolute atomic E-state index is 13.4. The lowest BCUT2D eigenvalue weighted by molar-refractivity contribution is -0.124. The highest BCUT2D eigenvalue weighted by Crippen LogP contribution is 2.42. The molecule has 2 aromatic carbocycles. The molecule has 0 unspecified atom stereocenters. The second kappa shape index (κ2) is 9.33. The Hall–Kier alpha value is -2.22. The van der Waals surface area contributed by atoms with Gasteiger partial charge in [0.2, 0.25) is 15.9 Å². The third-order valence-electron chi connectivity index (χ3n) is 7.29. The summed E-state index contributed by atoms with van der Waals surface area (Å²) in [4.78, 5) is 14.4. The average molecular weight is 456 g/mol. The van der Waals surface area contributed by atoms with Crippen LogP contribution in [0.1, 0.15) is 32.6 Å². The van der Waals surface area contributed by atoms with Gasteiger partial charge in [0.1, 0.15) is 0 Å². The van der Waals surface area contributed by atoms with Crippen molar-refractivity contribution in [1.29, 1.82) is 0 Å². The molecule has 2 N–H and O–H groups in total. The molecule has 0 spiro atoms. The first kappa shape index (κ1) is 23.0. The van der Waals surface area contributed by atoms with Crippen LogP contribution in [0.15, 0.2) is 59.5 Å². The SMILES string of the molecule is CCC[C@@H](C(N)=O)N(C)[C@H]1CC[C@@H]2CN(S(=O)(=O)c3ccc(-c4ccccc4)cc3)C[C@@H]21. The molecule has 2 aliphatic rings. The summed E-state index contributed by atoms with van der Waals surface area (Å²) in [5.41, 5.74) is 7.73. The van der Waals surface area contributed by atoms with Crippen LogP contribution in [0.3, 0.4) is 0 Å². The van der Waals surface area contributed by atoms with E-state index in [1.807, 2.05) is 56.4 Å². The minimum absolute atomic E-state index is 0.185. The van der Waals surface area contributed by atoms with Gasteiger partial charge in [0.05, 0.1) is 10.9 Å². The maximum atomic E-state index is 13.4. The van der Waals surface area contributed by atoms with E-state index in [9.17, 15) is 13.2 Å². The minimum Gasteiger partial charge on any atom is -0.368 e. The van der Waals surface area contributed by atoms with Gasteiger partial charge in [-0.05, 0) is 61.4 Å². The summed E-state index contributed by atoms with van der Waals surface area (Å²) in [6.45, 7) is 3.10. The molecule has 172 valence electrons. The van der Waals surface area contributed by atoms with E-state index < -0.39 is 10.0 Å². The summed E-state index contributed by atoms with van der Waals surface area (Å²) in [6.07, 6.45) is 3.59. The van der Waals surface area contributed by atoms with Crippen molar-refractivity contribution in [2.75, 3.05) is 20.1 Å². The Labute approximate surface area is 191 Å². The lowest BCUT2D eigenvalue weighted by atomic mass is 9.95. The Morgan fingerprint density at radius 2 is 1.72 bits per heavy atom. The van der Waals surface area contributed by atoms with E-state index in [-0.39, 0.29) is 23.9 Å². The molecular formula is C25H33N3O3S. The van der Waals surface area contributed by atoms with Crippen LogP contribution in [-0.4, -0.2) is 55.8 Å². The predicted octanol–water partition coefficient (Wildman–Crippen LogP) is 3.34. The van der Waals surface area contributed by atoms with Crippen molar-refractivity contribution < 1.29 is 13.2 Å². The lowest BCUT2D eigenvalue weighted by Crippen LogP contribution is -2.49. The number of nitrogens with zero attached hydrogens (tertiary/aromatic N) is 2. The van der Waals surface area contributed by atoms with Gasteiger partial charge in [-0.2, -0.15) is 4.31 Å². The molecule has 1 heterocycles. The standard InChI is InChI=1S/C25H33N3O3S/c1-3-7-24(25(26)29)27(2)23-15-12-20-16-28(17-22(20)23)32(30,31)21-13-10-19(11-14-21)18-8-5-4-6-9-18/h4-6,8-11,13-14,20,22-24H,3,7,12,15-17H2,1-2H3,(H2,26,29)/t20-,22+,23+,24+/m1/s1. The molecule has 1 saturated carbocycles. The number of likely N-dealkylation sites (N-methyl/N-ethyl adjacent to an activating group) is 1. The lowest BCUT2D eigenvalue weighted by Gasteiger charge is -2.34. The van der Waals surface area contributed by atoms with Gasteiger partial charge in [0.25, 0.3) is 0 Å². The number of hydrogen-bond donors (Lipinski definition) is 1. The summed E-state index contributed by atoms with van der Waals surface area (Å²) in [5.74, 6) is 0.270. The highest BCUT2D eigenvalue weighted by molar-refractivity contribution is 7.89. The highest BCUT2D eigenvalue weighted by atomic mass is 32.2. The molecule has 32 heavy (non-hydrogen) atoms. The van der Waals surface area contributed by atoms with Gasteiger partial charge in [0, 0.05) is 19.1 Å². The minimum atomic E-state index is -3.55. The van der Waals surface area contributed by atoms with Gasteiger partial charge in [-0.25, -0.2) is 8.42 Å². The molecule has 4 atom stereocenters. The number of hydrogen-bond acceptors (Lipinski definition) is 4. The molecule has 2 aromatic rings. The van der Waals surface area contributed by atoms with Crippen LogP contribution < -0.4 is 5.73 Å². The fourth-order valence-corrected chi connectivity index (χ4v) is 7.08. The maximum Gasteiger partial charge on any atom is 0.243 e. The molecule has 6 nitrogen and oxygen atoms in total. The first-order valence-electron chi connectivity index (χ1n) is 11.5. The summed E-state index contributed by atoms with van der Waals surface area (Å²) < 4.78 is 28.4. The summed E-state index contributed by atoms with van der Waals surface area (Å²) >= 11 is 0. The third kappa shape index (κ3) is 4.34. The molecule has 0 radical (unpaired) electrons. The molecule has 1 aliphatic heterocycles. The molecule has 0 aromatic heterocycles. The van der Waals surface area contributed by atoms with Crippen LogP contribution in [-0.2, 0) is 14.8 Å². The Morgan fingerprint density at radius 1 is 1.06 bits per heavy atom. The van der Waals surface area contributed by atoms with Crippen LogP contribution in [0, 0.1) is 11.8 Å². The number of benzene rings is 2. The van der Waals surface area contributed by atoms with Crippen molar-refractivity contribution in [3.63, 3.8) is 0 Å². The Bertz CT molecular complexity index is 1040. The van der Waals surface area contributed by atoms with E-state index in [2.05, 4.69) is 4.90 Å². The van der Waals surface area contributed by atoms with Crippen molar-refractivity contribution in [2.45, 2.75) is 49.6 Å². The number of nitrogens with two attached hydrogens (primary N) is 1. The summed E-state index contributed by atoms with van der Waals surface area (Å²) in [5, 5.41) is 0. The van der Waals surface area contributed by atoms with Crippen molar-refractivity contribution in [3.8, 4) is 11.1 Å². The molecule has 1 amide bonds. The Kier molecular flexibility index (Phi) is 6.70. The van der Waals surface area contributed by atoms with Crippen molar-refractivity contribution in [1.82, 2.24) is 9.21 Å². The van der Waals surface area contributed by atoms with Gasteiger partial charge >= 0.3 is 0 Å². The van der Waals surface area contributed by atoms with Crippen LogP contribution >= 0.6 is 0 Å². The normalized spacial score (nSPS) is 24.5. The van der Waals surface area contributed by atoms with E-state index in [1.54, 1.807) is 16.4 Å². The van der Waals surface area contributed by atoms with Crippen molar-refractivity contribution >= 4 is 15.9 Å². The zero-order valence-electron chi connectivity index (χ0n) is 18.9. The fourth-order valence-electron chi connectivity index (χ4n) is 5.55. The van der Waals surface area contributed by atoms with Gasteiger partial charge in [0.15, 0.2) is 0 Å². The topological polar surface area (TPSA) is 83.7 Å². The number of amides is 1. The fraction of sp³-hybridized carbons (Fsp3) is 0.480. The quantitative estimate of drug-likeness (QED) is 0.662. The second-order valence-electron chi connectivity index (χ2n) is 9.15. The summed E-state index contributed by atoms with van der Waals surface area (Å²) in [6, 6.07) is 17.0. The van der Waals surface area contributed by atoms with E-state index in [1.165, 1.54) is 0 Å². The zero-order chi connectivity index (χ0) is 22.9. The van der Waals surface area contributed by atoms with E-state index in [0.29, 0.717) is 23.9 Å². The molecule has 1 saturated heterocycles. The smallest absolute Gasteiger partial charge is 0.243 e. The van der Waals surface area contributed by atoms with Crippen LogP contribution in [0.2, 0.25) is 0 Å². The predicted molar refractivity (Wildman–Crippen MR) is 126 cm³/mol. The van der Waals surface area contributed by atoms with E-state index in [0.717, 1.165) is 36.8 Å². The Morgan fingerprint density at radius 3 is 2.34 bits per heavy atom. The number of carbonyl (C=O) groups is 1. The Balaban J connectivity index is 1.49. The monoisotopic (exact) mass is 455 g/mol. The number of primary amides is 1. The van der Waals surface area contributed by atoms with Crippen LogP contribution in [0.5, 0.6) is 0 Å². The van der Waals surface area contributed by atoms with Gasteiger partial charge in [-0.1, -0.05) is 55.8 Å². The molecular weight excluding hydrogens is 422 g/mol. The van der Waals surface area contributed by atoms with Gasteiger partial charge < -0.3 is 5.73 Å². The first-order valence-corrected chi connectivity index (χ1v) is 12.9. The largest absolute Gasteiger partial charge is 0.368 e. The van der Waals surface area contributed by atoms with Crippen LogP contribution in [0.4, 0.5) is 0 Å². The molecule has 2 fully saturated rings. The van der Waals surface area contributed by atoms with Crippen LogP contribution in [0.25, 0.3) is 11.1 Å². The average Bonchev–Trinajstić information content (AvgIpc) is 3.39. The van der Waals surface area contributed by atoms with E-state index >= 15 is 0 Å². The highest BCUT2D eigenvalue weighted by Gasteiger charge is 2.48. The van der Waals surface area contributed by atoms with Gasteiger partial charge in [-0.15, -0.1) is 0 Å². The molecule has 1 aliphatic carbocycles. The van der Waals surface area contributed by atoms with Crippen molar-refractivity contribution in [3.05, 3.63) is 54.6 Å². The van der Waals surface area contributed by atoms with Gasteiger partial charge in [-0.3, -0.25) is 9.69 Å². The number of carbonyl (C=O) groups excluding carboxylic acids is 1. The van der Waals surface area contributed by atoms with Crippen molar-refractivity contribution in [2.24, 2.45) is 17.6 Å². The molecule has 0 bridgehead atoms. The van der Waals surface area contributed by atoms with E-state index in [4.69, 9.17) is 5.73 Å². The number of fused-ring (bicyclic) bond motifs is 1. The number of sulfonamides is 1. The summed E-state index contributed by atoms with van der Waals surface area (Å²) in [7, 11) is -1.58. The molecule has 4 rings (SSSR count). The molecule has 7 heteroatoms. The second-order valence-corrected chi connectivity index (χ2v) is 11.1.